The van der Waals surface area contributed by atoms with Crippen molar-refractivity contribution in [1.29, 1.82) is 0 Å². The lowest BCUT2D eigenvalue weighted by atomic mass is 9.34. The van der Waals surface area contributed by atoms with Crippen LogP contribution in [-0.4, -0.2) is 244 Å². The molecule has 4 aliphatic carbocycles. The summed E-state index contributed by atoms with van der Waals surface area (Å²) in [5.41, 5.74) is -2.79. The number of ether oxygens (including phenoxy) is 8. The highest BCUT2D eigenvalue weighted by atomic mass is 16.8. The number of rotatable bonds is 16. The van der Waals surface area contributed by atoms with E-state index in [1.165, 1.54) is 0 Å². The monoisotopic (exact) mass is 1110 g/mol. The second kappa shape index (κ2) is 23.5. The Morgan fingerprint density at radius 3 is 1.84 bits per heavy atom. The molecule has 0 bridgehead atoms. The Bertz CT molecular complexity index is 2000. The molecular weight excluding hydrogens is 1020 g/mol. The highest BCUT2D eigenvalue weighted by molar-refractivity contribution is 5.22. The summed E-state index contributed by atoms with van der Waals surface area (Å²) in [4.78, 5) is 0. The average Bonchev–Trinajstić information content (AvgIpc) is 4.05. The van der Waals surface area contributed by atoms with E-state index in [9.17, 15) is 76.6 Å². The van der Waals surface area contributed by atoms with Gasteiger partial charge < -0.3 is 114 Å². The first-order chi connectivity index (χ1) is 36.0. The first kappa shape index (κ1) is 61.9. The molecule has 0 radical (unpaired) electrons. The molecule has 0 amide bonds. The molecule has 0 aromatic heterocycles. The van der Waals surface area contributed by atoms with Crippen molar-refractivity contribution in [2.75, 3.05) is 26.4 Å². The van der Waals surface area contributed by atoms with Gasteiger partial charge in [0, 0.05) is 0 Å². The van der Waals surface area contributed by atoms with Gasteiger partial charge in [0.25, 0.3) is 0 Å². The molecule has 4 saturated carbocycles. The Kier molecular flexibility index (Phi) is 18.9. The molecule has 5 unspecified atom stereocenters. The van der Waals surface area contributed by atoms with E-state index in [0.717, 1.165) is 5.57 Å². The molecule has 4 saturated heterocycles. The van der Waals surface area contributed by atoms with Gasteiger partial charge in [-0.3, -0.25) is 0 Å². The summed E-state index contributed by atoms with van der Waals surface area (Å²) >= 11 is 0. The number of hydrogen-bond acceptors (Lipinski definition) is 23. The largest absolute Gasteiger partial charge is 0.394 e. The van der Waals surface area contributed by atoms with Crippen molar-refractivity contribution in [2.45, 2.75) is 254 Å². The summed E-state index contributed by atoms with van der Waals surface area (Å²) in [6.45, 7) is 14.1. The summed E-state index contributed by atoms with van der Waals surface area (Å²) in [6, 6.07) is 0. The number of aliphatic hydroxyl groups excluding tert-OH is 15. The van der Waals surface area contributed by atoms with Crippen LogP contribution in [0.1, 0.15) is 113 Å². The van der Waals surface area contributed by atoms with Crippen molar-refractivity contribution in [3.63, 3.8) is 0 Å². The molecule has 15 N–H and O–H groups in total. The standard InChI is InChI=1S/C54H92O23/c1-23(2)11-9-10-14-54(8,77-48-43(69)39(65)37(63)30(75-48)22-71-46-42(68)38(64)35(61)28(19-55)73-46)24-12-16-52(6)33(24)25(57)17-31-51(5)15-13-32(59)50(3,4)45(51)27(18-53(31,52)7)72-49-44(40(66)36(62)29(20-56)74-49)76-47-41(67)34(60)26(58)21-70-47/h11,24-49,55-69H,9-10,12-22H2,1-8H3/t24-,25+,26+,27-,28+,29+,30+,31?,32-,33?,34-,35+,36+,37+,38-,39-,40-,41+,42+,43+,44+,45?,46+,47-,48?,49-,51+,52+,53+,54?/m0/s1. The first-order valence-electron chi connectivity index (χ1n) is 27.9. The summed E-state index contributed by atoms with van der Waals surface area (Å²) in [7, 11) is 0. The SMILES string of the molecule is CC(C)=CCCCC(C)(OC1O[C@H](CO[C@@H]2O[C@H](CO)[C@@H](O)[C@H](O)[C@H]2O)[C@@H](O)[C@H](O)[C@H]1O)[C@H]1CC[C@]2(C)C1[C@H](O)CC1[C@@]3(C)CC[C@H](O)C(C)(C)C3[C@@H](O[C@H]3O[C@H](CO)[C@@H](O)[C@H](O)[C@H]3O[C@@H]3OC[C@@H](O)[C@H](O)[C@H]3O)C[C@]12C. The number of aliphatic hydroxyl groups is 15. The molecule has 23 nitrogen and oxygen atoms in total. The van der Waals surface area contributed by atoms with Crippen molar-refractivity contribution < 1.29 is 114 Å². The molecule has 8 rings (SSSR count). The van der Waals surface area contributed by atoms with Gasteiger partial charge in [0.05, 0.1) is 50.3 Å². The van der Waals surface area contributed by atoms with E-state index >= 15 is 0 Å². The van der Waals surface area contributed by atoms with Crippen LogP contribution in [0.15, 0.2) is 11.6 Å². The maximum atomic E-state index is 12.9. The molecule has 23 heteroatoms. The maximum absolute atomic E-state index is 12.9. The fourth-order valence-corrected chi connectivity index (χ4v) is 16.2. The van der Waals surface area contributed by atoms with Crippen molar-refractivity contribution in [1.82, 2.24) is 0 Å². The van der Waals surface area contributed by atoms with Crippen LogP contribution < -0.4 is 0 Å². The Morgan fingerprint density at radius 1 is 0.623 bits per heavy atom. The zero-order valence-corrected chi connectivity index (χ0v) is 45.8. The predicted molar refractivity (Wildman–Crippen MR) is 266 cm³/mol. The highest BCUT2D eigenvalue weighted by Gasteiger charge is 2.74. The molecule has 8 fully saturated rings. The summed E-state index contributed by atoms with van der Waals surface area (Å²) in [5, 5.41) is 165. The fraction of sp³-hybridized carbons (Fsp3) is 0.963. The van der Waals surface area contributed by atoms with Crippen LogP contribution in [0, 0.1) is 45.3 Å². The zero-order valence-electron chi connectivity index (χ0n) is 45.8. The minimum absolute atomic E-state index is 0.147. The lowest BCUT2D eigenvalue weighted by molar-refractivity contribution is -0.377. The Morgan fingerprint density at radius 2 is 1.21 bits per heavy atom. The van der Waals surface area contributed by atoms with E-state index in [1.807, 2.05) is 34.6 Å². The van der Waals surface area contributed by atoms with Crippen LogP contribution >= 0.6 is 0 Å². The lowest BCUT2D eigenvalue weighted by Gasteiger charge is -2.72. The smallest absolute Gasteiger partial charge is 0.187 e. The number of unbranched alkanes of at least 4 members (excludes halogenated alkanes) is 1. The van der Waals surface area contributed by atoms with Crippen molar-refractivity contribution in [2.24, 2.45) is 45.3 Å². The minimum Gasteiger partial charge on any atom is -0.394 e. The predicted octanol–water partition coefficient (Wildman–Crippen LogP) is -2.20. The third-order valence-corrected chi connectivity index (χ3v) is 20.7. The second-order valence-corrected chi connectivity index (χ2v) is 25.8. The second-order valence-electron chi connectivity index (χ2n) is 25.8. The molecule has 0 aromatic rings. The fourth-order valence-electron chi connectivity index (χ4n) is 16.2. The van der Waals surface area contributed by atoms with Gasteiger partial charge >= 0.3 is 0 Å². The molecule has 8 aliphatic rings. The van der Waals surface area contributed by atoms with Gasteiger partial charge in [-0.15, -0.1) is 0 Å². The van der Waals surface area contributed by atoms with E-state index < -0.39 is 206 Å². The van der Waals surface area contributed by atoms with E-state index in [-0.39, 0.29) is 5.92 Å². The van der Waals surface area contributed by atoms with Crippen molar-refractivity contribution in [3.05, 3.63) is 11.6 Å². The Balaban J connectivity index is 1.11. The van der Waals surface area contributed by atoms with Crippen LogP contribution in [0.5, 0.6) is 0 Å². The van der Waals surface area contributed by atoms with Gasteiger partial charge in [-0.1, -0.05) is 46.3 Å². The Hall–Kier alpha value is -1.18. The number of fused-ring (bicyclic) bond motifs is 5. The summed E-state index contributed by atoms with van der Waals surface area (Å²) in [5.74, 6) is -1.41. The third-order valence-electron chi connectivity index (χ3n) is 20.7. The normalized spacial score (nSPS) is 52.7. The molecule has 77 heavy (non-hydrogen) atoms. The third kappa shape index (κ3) is 11.0. The molecular formula is C54H92O23. The topological polar surface area (TPSA) is 377 Å². The molecule has 0 spiro atoms. The van der Waals surface area contributed by atoms with Crippen LogP contribution in [0.2, 0.25) is 0 Å². The Labute approximate surface area is 450 Å². The van der Waals surface area contributed by atoms with E-state index in [0.29, 0.717) is 57.8 Å². The zero-order chi connectivity index (χ0) is 56.6. The molecule has 4 aliphatic heterocycles. The first-order valence-corrected chi connectivity index (χ1v) is 27.9. The van der Waals surface area contributed by atoms with Gasteiger partial charge in [0.15, 0.2) is 25.2 Å². The molecule has 30 atom stereocenters. The average molecular weight is 1110 g/mol. The molecule has 4 heterocycles. The van der Waals surface area contributed by atoms with Crippen molar-refractivity contribution >= 4 is 0 Å². The van der Waals surface area contributed by atoms with Crippen LogP contribution in [-0.2, 0) is 37.9 Å². The molecule has 0 aromatic carbocycles. The van der Waals surface area contributed by atoms with Gasteiger partial charge in [0.2, 0.25) is 0 Å². The number of allylic oxidation sites excluding steroid dienone is 2. The summed E-state index contributed by atoms with van der Waals surface area (Å²) < 4.78 is 49.6. The quantitative estimate of drug-likeness (QED) is 0.0443. The van der Waals surface area contributed by atoms with Gasteiger partial charge in [-0.05, 0) is 124 Å². The van der Waals surface area contributed by atoms with Crippen LogP contribution in [0.3, 0.4) is 0 Å². The van der Waals surface area contributed by atoms with Crippen LogP contribution in [0.25, 0.3) is 0 Å². The lowest BCUT2D eigenvalue weighted by Crippen LogP contribution is -2.71. The van der Waals surface area contributed by atoms with Gasteiger partial charge in [-0.25, -0.2) is 0 Å². The highest BCUT2D eigenvalue weighted by Crippen LogP contribution is 2.76. The summed E-state index contributed by atoms with van der Waals surface area (Å²) in [6.07, 6.45) is -26.2. The van der Waals surface area contributed by atoms with Gasteiger partial charge in [0.1, 0.15) is 91.6 Å². The maximum Gasteiger partial charge on any atom is 0.187 e. The van der Waals surface area contributed by atoms with Crippen molar-refractivity contribution in [3.8, 4) is 0 Å². The van der Waals surface area contributed by atoms with E-state index in [1.54, 1.807) is 0 Å². The van der Waals surface area contributed by atoms with Crippen LogP contribution in [0.4, 0.5) is 0 Å². The van der Waals surface area contributed by atoms with Gasteiger partial charge in [-0.2, -0.15) is 0 Å². The number of hydrogen-bond donors (Lipinski definition) is 15. The minimum atomic E-state index is -1.80. The van der Waals surface area contributed by atoms with E-state index in [2.05, 4.69) is 26.8 Å². The van der Waals surface area contributed by atoms with E-state index in [4.69, 9.17) is 37.9 Å². The molecule has 446 valence electrons.